The summed E-state index contributed by atoms with van der Waals surface area (Å²) in [7, 11) is 0. The Labute approximate surface area is 93.9 Å². The minimum absolute atomic E-state index is 0.0983. The number of hydrogen-bond acceptors (Lipinski definition) is 1. The lowest BCUT2D eigenvalue weighted by atomic mass is 10.1. The average Bonchev–Trinajstić information content (AvgIpc) is 2.17. The molecule has 0 radical (unpaired) electrons. The molecule has 0 unspecified atom stereocenters. The molecule has 76 valence electrons. The summed E-state index contributed by atoms with van der Waals surface area (Å²) < 4.78 is 27.3. The van der Waals surface area contributed by atoms with Crippen molar-refractivity contribution in [2.45, 2.75) is 0 Å². The molecule has 0 amide bonds. The molecule has 0 saturated carbocycles. The van der Waals surface area contributed by atoms with Crippen molar-refractivity contribution in [1.82, 2.24) is 4.98 Å². The molecule has 0 fully saturated rings. The first-order valence-electron chi connectivity index (χ1n) is 4.25. The molecule has 0 N–H and O–H groups in total. The van der Waals surface area contributed by atoms with Crippen molar-refractivity contribution in [2.75, 3.05) is 0 Å². The second-order valence-electron chi connectivity index (χ2n) is 2.94. The molecule has 2 rings (SSSR count). The van der Waals surface area contributed by atoms with E-state index < -0.39 is 11.6 Å². The van der Waals surface area contributed by atoms with Gasteiger partial charge >= 0.3 is 0 Å². The molecular formula is C11H6BrF2N. The standard InChI is InChI=1S/C11H6BrF2N/c12-10-6-2-5-9(15-10)11-7(13)3-1-4-8(11)14/h1-6H. The molecule has 15 heavy (non-hydrogen) atoms. The van der Waals surface area contributed by atoms with E-state index in [2.05, 4.69) is 20.9 Å². The van der Waals surface area contributed by atoms with Gasteiger partial charge in [-0.05, 0) is 40.2 Å². The molecule has 0 spiro atoms. The van der Waals surface area contributed by atoms with Crippen molar-refractivity contribution >= 4 is 15.9 Å². The van der Waals surface area contributed by atoms with Gasteiger partial charge in [0.25, 0.3) is 0 Å². The van der Waals surface area contributed by atoms with E-state index in [-0.39, 0.29) is 11.3 Å². The van der Waals surface area contributed by atoms with E-state index in [0.717, 1.165) is 0 Å². The van der Waals surface area contributed by atoms with Crippen LogP contribution in [0.2, 0.25) is 0 Å². The minimum Gasteiger partial charge on any atom is -0.241 e. The van der Waals surface area contributed by atoms with Gasteiger partial charge in [0.2, 0.25) is 0 Å². The molecule has 1 aromatic heterocycles. The van der Waals surface area contributed by atoms with Crippen LogP contribution in [0.3, 0.4) is 0 Å². The largest absolute Gasteiger partial charge is 0.241 e. The van der Waals surface area contributed by atoms with Gasteiger partial charge in [-0.15, -0.1) is 0 Å². The molecule has 0 atom stereocenters. The number of nitrogens with zero attached hydrogens (tertiary/aromatic N) is 1. The van der Waals surface area contributed by atoms with Crippen LogP contribution in [0.15, 0.2) is 41.0 Å². The maximum Gasteiger partial charge on any atom is 0.135 e. The number of halogens is 3. The monoisotopic (exact) mass is 269 g/mol. The molecule has 0 saturated heterocycles. The number of hydrogen-bond donors (Lipinski definition) is 0. The van der Waals surface area contributed by atoms with E-state index in [4.69, 9.17) is 0 Å². The van der Waals surface area contributed by atoms with E-state index in [1.165, 1.54) is 18.2 Å². The van der Waals surface area contributed by atoms with E-state index in [0.29, 0.717) is 4.60 Å². The lowest BCUT2D eigenvalue weighted by molar-refractivity contribution is 0.588. The molecular weight excluding hydrogens is 264 g/mol. The summed E-state index contributed by atoms with van der Waals surface area (Å²) in [5.41, 5.74) is 0.179. The fourth-order valence-corrected chi connectivity index (χ4v) is 1.63. The van der Waals surface area contributed by atoms with E-state index >= 15 is 0 Å². The van der Waals surface area contributed by atoms with Crippen molar-refractivity contribution in [2.24, 2.45) is 0 Å². The molecule has 0 aliphatic carbocycles. The van der Waals surface area contributed by atoms with Crippen molar-refractivity contribution < 1.29 is 8.78 Å². The second kappa shape index (κ2) is 4.06. The van der Waals surface area contributed by atoms with Gasteiger partial charge < -0.3 is 0 Å². The Bertz CT molecular complexity index is 479. The molecule has 4 heteroatoms. The van der Waals surface area contributed by atoms with Crippen LogP contribution in [-0.2, 0) is 0 Å². The van der Waals surface area contributed by atoms with E-state index in [1.807, 2.05) is 0 Å². The van der Waals surface area contributed by atoms with Crippen LogP contribution in [0, 0.1) is 11.6 Å². The van der Waals surface area contributed by atoms with Crippen molar-refractivity contribution in [3.05, 3.63) is 52.6 Å². The van der Waals surface area contributed by atoms with Crippen molar-refractivity contribution in [3.8, 4) is 11.3 Å². The Balaban J connectivity index is 2.63. The Morgan fingerprint density at radius 2 is 1.53 bits per heavy atom. The average molecular weight is 270 g/mol. The van der Waals surface area contributed by atoms with Gasteiger partial charge in [-0.1, -0.05) is 12.1 Å². The Morgan fingerprint density at radius 3 is 2.13 bits per heavy atom. The lowest BCUT2D eigenvalue weighted by Crippen LogP contribution is -1.92. The first-order chi connectivity index (χ1) is 7.18. The third-order valence-corrected chi connectivity index (χ3v) is 2.38. The third-order valence-electron chi connectivity index (χ3n) is 1.93. The van der Waals surface area contributed by atoms with Gasteiger partial charge in [0.15, 0.2) is 0 Å². The molecule has 2 aromatic rings. The maximum atomic E-state index is 13.4. The number of benzene rings is 1. The molecule has 0 aliphatic heterocycles. The van der Waals surface area contributed by atoms with Crippen LogP contribution in [0.25, 0.3) is 11.3 Å². The third kappa shape index (κ3) is 2.04. The van der Waals surface area contributed by atoms with Gasteiger partial charge in [-0.3, -0.25) is 0 Å². The summed E-state index contributed by atoms with van der Waals surface area (Å²) >= 11 is 3.15. The molecule has 1 nitrogen and oxygen atoms in total. The van der Waals surface area contributed by atoms with Crippen LogP contribution in [0.5, 0.6) is 0 Å². The number of rotatable bonds is 1. The Hall–Kier alpha value is -1.29. The first-order valence-corrected chi connectivity index (χ1v) is 5.05. The predicted octanol–water partition coefficient (Wildman–Crippen LogP) is 3.79. The molecule has 0 aliphatic rings. The van der Waals surface area contributed by atoms with Crippen molar-refractivity contribution in [1.29, 1.82) is 0 Å². The number of aromatic nitrogens is 1. The molecule has 1 aromatic carbocycles. The summed E-state index contributed by atoms with van der Waals surface area (Å²) in [6.07, 6.45) is 0. The normalized spacial score (nSPS) is 10.3. The minimum atomic E-state index is -0.611. The molecule has 0 bridgehead atoms. The van der Waals surface area contributed by atoms with Gasteiger partial charge in [-0.2, -0.15) is 0 Å². The van der Waals surface area contributed by atoms with E-state index in [1.54, 1.807) is 18.2 Å². The Kier molecular flexibility index (Phi) is 2.77. The lowest BCUT2D eigenvalue weighted by Gasteiger charge is -2.03. The quantitative estimate of drug-likeness (QED) is 0.718. The van der Waals surface area contributed by atoms with Crippen LogP contribution in [-0.4, -0.2) is 4.98 Å². The second-order valence-corrected chi connectivity index (χ2v) is 3.75. The summed E-state index contributed by atoms with van der Waals surface area (Å²) in [5.74, 6) is -1.22. The van der Waals surface area contributed by atoms with Crippen LogP contribution < -0.4 is 0 Å². The van der Waals surface area contributed by atoms with Gasteiger partial charge in [0, 0.05) is 0 Å². The fraction of sp³-hybridized carbons (Fsp3) is 0. The highest BCUT2D eigenvalue weighted by Crippen LogP contribution is 2.25. The van der Waals surface area contributed by atoms with Crippen LogP contribution in [0.1, 0.15) is 0 Å². The predicted molar refractivity (Wildman–Crippen MR) is 57.3 cm³/mol. The zero-order valence-corrected chi connectivity index (χ0v) is 9.13. The summed E-state index contributed by atoms with van der Waals surface area (Å²) in [6.45, 7) is 0. The maximum absolute atomic E-state index is 13.4. The van der Waals surface area contributed by atoms with Crippen molar-refractivity contribution in [3.63, 3.8) is 0 Å². The summed E-state index contributed by atoms with van der Waals surface area (Å²) in [6, 6.07) is 8.68. The smallest absolute Gasteiger partial charge is 0.135 e. The fourth-order valence-electron chi connectivity index (χ4n) is 1.29. The topological polar surface area (TPSA) is 12.9 Å². The highest BCUT2D eigenvalue weighted by Gasteiger charge is 2.11. The number of pyridine rings is 1. The van der Waals surface area contributed by atoms with Gasteiger partial charge in [0.05, 0.1) is 11.3 Å². The summed E-state index contributed by atoms with van der Waals surface area (Å²) in [4.78, 5) is 4.00. The SMILES string of the molecule is Fc1cccc(F)c1-c1cccc(Br)n1. The van der Waals surface area contributed by atoms with Crippen LogP contribution >= 0.6 is 15.9 Å². The van der Waals surface area contributed by atoms with E-state index in [9.17, 15) is 8.78 Å². The Morgan fingerprint density at radius 1 is 0.933 bits per heavy atom. The summed E-state index contributed by atoms with van der Waals surface area (Å²) in [5, 5.41) is 0. The van der Waals surface area contributed by atoms with Gasteiger partial charge in [0.1, 0.15) is 16.2 Å². The highest BCUT2D eigenvalue weighted by atomic mass is 79.9. The highest BCUT2D eigenvalue weighted by molar-refractivity contribution is 9.10. The first kappa shape index (κ1) is 10.2. The van der Waals surface area contributed by atoms with Crippen LogP contribution in [0.4, 0.5) is 8.78 Å². The van der Waals surface area contributed by atoms with Gasteiger partial charge in [-0.25, -0.2) is 13.8 Å². The zero-order valence-electron chi connectivity index (χ0n) is 7.55. The molecule has 1 heterocycles. The zero-order chi connectivity index (χ0) is 10.8.